The molecule has 210 valence electrons. The van der Waals surface area contributed by atoms with Gasteiger partial charge in [0.05, 0.1) is 0 Å². The van der Waals surface area contributed by atoms with Crippen molar-refractivity contribution in [1.29, 1.82) is 0 Å². The van der Waals surface area contributed by atoms with Crippen LogP contribution in [-0.2, 0) is 0 Å². The predicted octanol–water partition coefficient (Wildman–Crippen LogP) is 10.0. The van der Waals surface area contributed by atoms with Gasteiger partial charge in [-0.3, -0.25) is 0 Å². The Balaban J connectivity index is 1.49. The predicted molar refractivity (Wildman–Crippen MR) is 129 cm³/mol. The second-order valence-corrected chi connectivity index (χ2v) is 10.6. The Labute approximate surface area is 218 Å². The lowest BCUT2D eigenvalue weighted by molar-refractivity contribution is -0.0547. The smallest absolute Gasteiger partial charge is 0.387 e. The van der Waals surface area contributed by atoms with Crippen molar-refractivity contribution in [2.45, 2.75) is 90.1 Å². The molecule has 0 saturated heterocycles. The Morgan fingerprint density at radius 2 is 1.29 bits per heavy atom. The molecular weight excluding hydrogens is 513 g/mol. The molecule has 0 amide bonds. The maximum atomic E-state index is 15.0. The van der Waals surface area contributed by atoms with E-state index in [2.05, 4.69) is 11.7 Å². The Bertz CT molecular complexity index is 1070. The number of alkyl halides is 2. The second-order valence-electron chi connectivity index (χ2n) is 10.6. The van der Waals surface area contributed by atoms with Crippen molar-refractivity contribution in [2.75, 3.05) is 0 Å². The Kier molecular flexibility index (Phi) is 9.47. The van der Waals surface area contributed by atoms with Crippen molar-refractivity contribution >= 4 is 0 Å². The molecule has 0 aliphatic heterocycles. The van der Waals surface area contributed by atoms with Crippen LogP contribution in [0.1, 0.15) is 89.0 Å². The third-order valence-electron chi connectivity index (χ3n) is 8.26. The molecule has 2 aromatic carbocycles. The Hall–Kier alpha value is -2.45. The summed E-state index contributed by atoms with van der Waals surface area (Å²) in [5.74, 6) is -8.14. The molecule has 2 fully saturated rings. The van der Waals surface area contributed by atoms with Crippen LogP contribution in [-0.4, -0.2) is 6.61 Å². The highest BCUT2D eigenvalue weighted by atomic mass is 19.3. The highest BCUT2D eigenvalue weighted by Gasteiger charge is 2.35. The summed E-state index contributed by atoms with van der Waals surface area (Å²) in [5, 5.41) is 0. The van der Waals surface area contributed by atoms with Crippen LogP contribution < -0.4 is 9.47 Å². The van der Waals surface area contributed by atoms with E-state index in [1.165, 1.54) is 44.9 Å². The molecular formula is C29H33F7O2. The third-order valence-corrected chi connectivity index (χ3v) is 8.26. The summed E-state index contributed by atoms with van der Waals surface area (Å²) in [6.45, 7) is -1.27. The van der Waals surface area contributed by atoms with Crippen molar-refractivity contribution < 1.29 is 40.2 Å². The molecule has 0 aromatic heterocycles. The second kappa shape index (κ2) is 12.6. The normalized spacial score (nSPS) is 24.0. The van der Waals surface area contributed by atoms with Gasteiger partial charge in [-0.15, -0.1) is 0 Å². The summed E-state index contributed by atoms with van der Waals surface area (Å²) in [6, 6.07) is 1.37. The van der Waals surface area contributed by atoms with Crippen LogP contribution in [0.4, 0.5) is 30.7 Å². The lowest BCUT2D eigenvalue weighted by Crippen LogP contribution is -2.26. The summed E-state index contributed by atoms with van der Waals surface area (Å²) in [7, 11) is 0. The van der Waals surface area contributed by atoms with Gasteiger partial charge in [0, 0.05) is 23.8 Å². The van der Waals surface area contributed by atoms with E-state index < -0.39 is 58.9 Å². The molecule has 0 atom stereocenters. The van der Waals surface area contributed by atoms with E-state index in [9.17, 15) is 26.3 Å². The number of halogens is 7. The molecule has 2 aliphatic carbocycles. The number of ether oxygens (including phenoxy) is 2. The van der Waals surface area contributed by atoms with Gasteiger partial charge in [-0.05, 0) is 62.2 Å². The molecule has 2 nitrogen and oxygen atoms in total. The van der Waals surface area contributed by atoms with Gasteiger partial charge in [0.2, 0.25) is 0 Å². The lowest BCUT2D eigenvalue weighted by Gasteiger charge is -2.38. The van der Waals surface area contributed by atoms with Gasteiger partial charge in [-0.1, -0.05) is 39.0 Å². The molecule has 0 N–H and O–H groups in total. The van der Waals surface area contributed by atoms with Crippen molar-refractivity contribution in [1.82, 2.24) is 0 Å². The van der Waals surface area contributed by atoms with Crippen molar-refractivity contribution in [3.05, 3.63) is 52.8 Å². The molecule has 2 aromatic rings. The zero-order valence-electron chi connectivity index (χ0n) is 21.4. The molecule has 38 heavy (non-hydrogen) atoms. The van der Waals surface area contributed by atoms with Crippen LogP contribution in [0.25, 0.3) is 0 Å². The van der Waals surface area contributed by atoms with Gasteiger partial charge in [-0.2, -0.15) is 8.78 Å². The van der Waals surface area contributed by atoms with Gasteiger partial charge in [0.1, 0.15) is 5.75 Å². The Morgan fingerprint density at radius 1 is 0.737 bits per heavy atom. The molecule has 9 heteroatoms. The average Bonchev–Trinajstić information content (AvgIpc) is 2.89. The fourth-order valence-corrected chi connectivity index (χ4v) is 6.30. The summed E-state index contributed by atoms with van der Waals surface area (Å²) in [5.41, 5.74) is -0.307. The first-order valence-corrected chi connectivity index (χ1v) is 13.5. The van der Waals surface area contributed by atoms with Gasteiger partial charge >= 0.3 is 6.61 Å². The van der Waals surface area contributed by atoms with Crippen LogP contribution in [0.3, 0.4) is 0 Å². The van der Waals surface area contributed by atoms with Crippen LogP contribution >= 0.6 is 0 Å². The van der Waals surface area contributed by atoms with E-state index in [0.717, 1.165) is 18.8 Å². The van der Waals surface area contributed by atoms with E-state index in [1.807, 2.05) is 0 Å². The van der Waals surface area contributed by atoms with E-state index in [1.54, 1.807) is 0 Å². The minimum Gasteiger partial charge on any atom is -0.454 e. The molecule has 2 aliphatic rings. The van der Waals surface area contributed by atoms with Crippen LogP contribution in [0.15, 0.2) is 18.2 Å². The minimum absolute atomic E-state index is 0.307. The fraction of sp³-hybridized carbons (Fsp3) is 0.586. The number of hydrogen-bond acceptors (Lipinski definition) is 2. The first kappa shape index (κ1) is 28.6. The van der Waals surface area contributed by atoms with Gasteiger partial charge in [0.25, 0.3) is 0 Å². The van der Waals surface area contributed by atoms with E-state index in [4.69, 9.17) is 4.74 Å². The van der Waals surface area contributed by atoms with Crippen molar-refractivity contribution in [3.63, 3.8) is 0 Å². The standard InChI is InChI=1S/C29H33F7O2/c1-2-3-4-16-5-7-17(8-6-16)18-9-11-19(12-10-18)25-26(34)21(30)15-24(33)28(25)37-20-13-22(31)27(23(32)14-20)38-29(35)36/h13-19,29H,2-12H2,1H3. The zero-order valence-corrected chi connectivity index (χ0v) is 21.4. The molecule has 0 unspecified atom stereocenters. The molecule has 4 rings (SSSR count). The monoisotopic (exact) mass is 546 g/mol. The van der Waals surface area contributed by atoms with E-state index in [0.29, 0.717) is 42.9 Å². The van der Waals surface area contributed by atoms with Gasteiger partial charge in [-0.25, -0.2) is 22.0 Å². The highest BCUT2D eigenvalue weighted by Crippen LogP contribution is 2.48. The average molecular weight is 547 g/mol. The van der Waals surface area contributed by atoms with Crippen LogP contribution in [0.2, 0.25) is 0 Å². The van der Waals surface area contributed by atoms with Crippen LogP contribution in [0.5, 0.6) is 17.2 Å². The van der Waals surface area contributed by atoms with Crippen molar-refractivity contribution in [2.24, 2.45) is 17.8 Å². The third kappa shape index (κ3) is 6.57. The number of benzene rings is 2. The Morgan fingerprint density at radius 3 is 1.84 bits per heavy atom. The molecule has 0 radical (unpaired) electrons. The zero-order chi connectivity index (χ0) is 27.4. The maximum absolute atomic E-state index is 15.0. The minimum atomic E-state index is -3.47. The molecule has 0 heterocycles. The van der Waals surface area contributed by atoms with Crippen molar-refractivity contribution in [3.8, 4) is 17.2 Å². The summed E-state index contributed by atoms with van der Waals surface area (Å²) < 4.78 is 106. The number of unbranched alkanes of at least 4 members (excludes halogenated alkanes) is 1. The largest absolute Gasteiger partial charge is 0.454 e. The van der Waals surface area contributed by atoms with Crippen LogP contribution in [0, 0.1) is 46.8 Å². The first-order valence-electron chi connectivity index (χ1n) is 13.5. The number of rotatable bonds is 9. The molecule has 0 bridgehead atoms. The first-order chi connectivity index (χ1) is 18.2. The lowest BCUT2D eigenvalue weighted by atomic mass is 9.68. The maximum Gasteiger partial charge on any atom is 0.387 e. The van der Waals surface area contributed by atoms with E-state index >= 15 is 4.39 Å². The summed E-state index contributed by atoms with van der Waals surface area (Å²) in [6.07, 6.45) is 11.1. The summed E-state index contributed by atoms with van der Waals surface area (Å²) >= 11 is 0. The van der Waals surface area contributed by atoms with Gasteiger partial charge < -0.3 is 9.47 Å². The number of hydrogen-bond donors (Lipinski definition) is 0. The van der Waals surface area contributed by atoms with Gasteiger partial charge in [0.15, 0.2) is 40.6 Å². The highest BCUT2D eigenvalue weighted by molar-refractivity contribution is 5.44. The molecule has 2 saturated carbocycles. The van der Waals surface area contributed by atoms with E-state index in [-0.39, 0.29) is 5.56 Å². The quantitative estimate of drug-likeness (QED) is 0.230. The fourth-order valence-electron chi connectivity index (χ4n) is 6.30. The summed E-state index contributed by atoms with van der Waals surface area (Å²) in [4.78, 5) is 0. The topological polar surface area (TPSA) is 18.5 Å². The SMILES string of the molecule is CCCCC1CCC(C2CCC(c3c(F)c(F)cc(F)c3Oc3cc(F)c(OC(F)F)c(F)c3)CC2)CC1. The molecule has 0 spiro atoms.